The Hall–Kier alpha value is -0.703. The molecular formula is C10H20O2Si. The van der Waals surface area contributed by atoms with E-state index in [0.717, 1.165) is 12.8 Å². The van der Waals surface area contributed by atoms with E-state index in [-0.39, 0.29) is 0 Å². The van der Waals surface area contributed by atoms with E-state index in [0.29, 0.717) is 0 Å². The standard InChI is InChI=1S/C10H20O2Si/c1-5-7-9-11-13(3,4)12-10-8-6-2/h7-10H,5-6H2,1-4H3/b9-7-,10-8-. The number of hydrogen-bond acceptors (Lipinski definition) is 2. The maximum atomic E-state index is 5.50. The van der Waals surface area contributed by atoms with Crippen molar-refractivity contribution >= 4 is 8.56 Å². The molecule has 0 rings (SSSR count). The monoisotopic (exact) mass is 200 g/mol. The first-order chi connectivity index (χ1) is 6.12. The van der Waals surface area contributed by atoms with Crippen molar-refractivity contribution in [2.75, 3.05) is 0 Å². The summed E-state index contributed by atoms with van der Waals surface area (Å²) in [5, 5.41) is 0. The highest BCUT2D eigenvalue weighted by Gasteiger charge is 2.25. The first-order valence-corrected chi connectivity index (χ1v) is 7.59. The van der Waals surface area contributed by atoms with Crippen molar-refractivity contribution in [2.45, 2.75) is 39.8 Å². The van der Waals surface area contributed by atoms with Crippen LogP contribution in [-0.2, 0) is 8.85 Å². The van der Waals surface area contributed by atoms with Crippen molar-refractivity contribution in [1.29, 1.82) is 0 Å². The van der Waals surface area contributed by atoms with Gasteiger partial charge in [-0.3, -0.25) is 0 Å². The van der Waals surface area contributed by atoms with E-state index in [1.807, 2.05) is 25.2 Å². The van der Waals surface area contributed by atoms with E-state index in [4.69, 9.17) is 8.85 Å². The van der Waals surface area contributed by atoms with Crippen LogP contribution in [0.4, 0.5) is 0 Å². The lowest BCUT2D eigenvalue weighted by atomic mass is 10.5. The van der Waals surface area contributed by atoms with Gasteiger partial charge in [0.05, 0.1) is 12.5 Å². The van der Waals surface area contributed by atoms with Gasteiger partial charge in [0.1, 0.15) is 0 Å². The van der Waals surface area contributed by atoms with Crippen LogP contribution in [0.5, 0.6) is 0 Å². The van der Waals surface area contributed by atoms with Crippen molar-refractivity contribution in [3.05, 3.63) is 24.7 Å². The summed E-state index contributed by atoms with van der Waals surface area (Å²) in [6.45, 7) is 8.19. The Balaban J connectivity index is 3.78. The molecule has 2 nitrogen and oxygen atoms in total. The maximum Gasteiger partial charge on any atom is 0.453 e. The number of rotatable bonds is 6. The zero-order chi connectivity index (χ0) is 10.2. The van der Waals surface area contributed by atoms with E-state index in [9.17, 15) is 0 Å². The van der Waals surface area contributed by atoms with Gasteiger partial charge in [-0.1, -0.05) is 26.0 Å². The van der Waals surface area contributed by atoms with E-state index in [2.05, 4.69) is 13.8 Å². The van der Waals surface area contributed by atoms with Gasteiger partial charge in [-0.25, -0.2) is 0 Å². The highest BCUT2D eigenvalue weighted by Crippen LogP contribution is 2.07. The van der Waals surface area contributed by atoms with Gasteiger partial charge >= 0.3 is 8.56 Å². The molecule has 0 aliphatic heterocycles. The molecule has 3 heteroatoms. The van der Waals surface area contributed by atoms with E-state index >= 15 is 0 Å². The Bertz CT molecular complexity index is 156. The highest BCUT2D eigenvalue weighted by atomic mass is 28.4. The maximum absolute atomic E-state index is 5.50. The predicted molar refractivity (Wildman–Crippen MR) is 58.5 cm³/mol. The molecular weight excluding hydrogens is 180 g/mol. The Kier molecular flexibility index (Phi) is 6.41. The smallest absolute Gasteiger partial charge is 0.453 e. The molecule has 0 aliphatic carbocycles. The van der Waals surface area contributed by atoms with Crippen LogP contribution in [-0.4, -0.2) is 8.56 Å². The molecule has 0 unspecified atom stereocenters. The fraction of sp³-hybridized carbons (Fsp3) is 0.600. The molecule has 0 N–H and O–H groups in total. The van der Waals surface area contributed by atoms with E-state index < -0.39 is 8.56 Å². The Morgan fingerprint density at radius 1 is 0.923 bits per heavy atom. The molecule has 76 valence electrons. The molecule has 0 aromatic rings. The second-order valence-corrected chi connectivity index (χ2v) is 6.47. The minimum absolute atomic E-state index is 0.995. The summed E-state index contributed by atoms with van der Waals surface area (Å²) < 4.78 is 11.0. The molecule has 0 fully saturated rings. The van der Waals surface area contributed by atoms with Gasteiger partial charge in [0.15, 0.2) is 0 Å². The van der Waals surface area contributed by atoms with Crippen molar-refractivity contribution in [3.8, 4) is 0 Å². The van der Waals surface area contributed by atoms with Crippen LogP contribution in [0.15, 0.2) is 24.7 Å². The quantitative estimate of drug-likeness (QED) is 0.482. The largest absolute Gasteiger partial charge is 0.519 e. The van der Waals surface area contributed by atoms with Crippen LogP contribution in [0.1, 0.15) is 26.7 Å². The minimum atomic E-state index is -1.95. The van der Waals surface area contributed by atoms with Crippen molar-refractivity contribution in [2.24, 2.45) is 0 Å². The Labute approximate surface area is 82.5 Å². The highest BCUT2D eigenvalue weighted by molar-refractivity contribution is 6.64. The summed E-state index contributed by atoms with van der Waals surface area (Å²) in [6.07, 6.45) is 9.45. The average molecular weight is 200 g/mol. The molecule has 0 saturated heterocycles. The summed E-state index contributed by atoms with van der Waals surface area (Å²) in [5.41, 5.74) is 0. The average Bonchev–Trinajstić information content (AvgIpc) is 2.05. The van der Waals surface area contributed by atoms with Crippen molar-refractivity contribution in [1.82, 2.24) is 0 Å². The van der Waals surface area contributed by atoms with Crippen LogP contribution in [0.2, 0.25) is 13.1 Å². The molecule has 0 atom stereocenters. The lowest BCUT2D eigenvalue weighted by Gasteiger charge is -2.19. The molecule has 0 heterocycles. The molecule has 0 aromatic heterocycles. The molecule has 13 heavy (non-hydrogen) atoms. The Morgan fingerprint density at radius 2 is 1.31 bits per heavy atom. The molecule has 0 aliphatic rings. The third-order valence-electron chi connectivity index (χ3n) is 1.37. The fourth-order valence-electron chi connectivity index (χ4n) is 0.644. The van der Waals surface area contributed by atoms with Crippen LogP contribution in [0, 0.1) is 0 Å². The van der Waals surface area contributed by atoms with Crippen molar-refractivity contribution in [3.63, 3.8) is 0 Å². The van der Waals surface area contributed by atoms with Crippen LogP contribution < -0.4 is 0 Å². The molecule has 0 bridgehead atoms. The molecule has 0 aromatic carbocycles. The topological polar surface area (TPSA) is 18.5 Å². The van der Waals surface area contributed by atoms with Gasteiger partial charge in [0.25, 0.3) is 0 Å². The van der Waals surface area contributed by atoms with Gasteiger partial charge < -0.3 is 8.85 Å². The summed E-state index contributed by atoms with van der Waals surface area (Å²) in [6, 6.07) is 0. The lowest BCUT2D eigenvalue weighted by molar-refractivity contribution is 0.318. The predicted octanol–water partition coefficient (Wildman–Crippen LogP) is 3.57. The second kappa shape index (κ2) is 6.77. The van der Waals surface area contributed by atoms with Gasteiger partial charge in [0, 0.05) is 13.1 Å². The van der Waals surface area contributed by atoms with E-state index in [1.54, 1.807) is 12.5 Å². The normalized spacial score (nSPS) is 12.6. The number of hydrogen-bond donors (Lipinski definition) is 0. The first-order valence-electron chi connectivity index (χ1n) is 4.78. The SMILES string of the molecule is CC/C=C\O[Si](C)(C)O/C=C\CC. The number of allylic oxidation sites excluding steroid dienone is 2. The van der Waals surface area contributed by atoms with E-state index in [1.165, 1.54) is 0 Å². The van der Waals surface area contributed by atoms with Gasteiger partial charge in [-0.15, -0.1) is 0 Å². The summed E-state index contributed by atoms with van der Waals surface area (Å²) in [4.78, 5) is 0. The molecule has 0 radical (unpaired) electrons. The fourth-order valence-corrected chi connectivity index (χ4v) is 1.55. The lowest BCUT2D eigenvalue weighted by Crippen LogP contribution is -2.30. The zero-order valence-corrected chi connectivity index (χ0v) is 10.0. The Morgan fingerprint density at radius 3 is 1.62 bits per heavy atom. The molecule has 0 saturated carbocycles. The second-order valence-electron chi connectivity index (χ2n) is 3.20. The summed E-state index contributed by atoms with van der Waals surface area (Å²) >= 11 is 0. The van der Waals surface area contributed by atoms with Gasteiger partial charge in [-0.05, 0) is 12.8 Å². The summed E-state index contributed by atoms with van der Waals surface area (Å²) in [5.74, 6) is 0. The molecule has 0 amide bonds. The third kappa shape index (κ3) is 7.65. The van der Waals surface area contributed by atoms with Gasteiger partial charge in [-0.2, -0.15) is 0 Å². The first kappa shape index (κ1) is 12.3. The molecule has 0 spiro atoms. The van der Waals surface area contributed by atoms with Gasteiger partial charge in [0.2, 0.25) is 0 Å². The minimum Gasteiger partial charge on any atom is -0.519 e. The zero-order valence-electron chi connectivity index (χ0n) is 9.04. The summed E-state index contributed by atoms with van der Waals surface area (Å²) in [7, 11) is -1.95. The van der Waals surface area contributed by atoms with Crippen LogP contribution in [0.25, 0.3) is 0 Å². The van der Waals surface area contributed by atoms with Crippen LogP contribution >= 0.6 is 0 Å². The van der Waals surface area contributed by atoms with Crippen LogP contribution in [0.3, 0.4) is 0 Å². The third-order valence-corrected chi connectivity index (χ3v) is 2.77. The van der Waals surface area contributed by atoms with Crippen molar-refractivity contribution < 1.29 is 8.85 Å².